The number of hydrogen-bond acceptors (Lipinski definition) is 2. The Morgan fingerprint density at radius 2 is 1.35 bits per heavy atom. The van der Waals surface area contributed by atoms with Gasteiger partial charge in [-0.15, -0.1) is 0 Å². The lowest BCUT2D eigenvalue weighted by molar-refractivity contribution is 0.378. The fraction of sp³-hybridized carbons (Fsp3) is 0.538. The number of halogens is 5. The van der Waals surface area contributed by atoms with Crippen molar-refractivity contribution in [2.75, 3.05) is 11.9 Å². The summed E-state index contributed by atoms with van der Waals surface area (Å²) in [6.07, 6.45) is 3.59. The first kappa shape index (κ1) is 15.0. The number of anilines is 1. The van der Waals surface area contributed by atoms with Gasteiger partial charge < -0.3 is 11.1 Å². The van der Waals surface area contributed by atoms with Crippen LogP contribution in [0, 0.1) is 35.0 Å². The van der Waals surface area contributed by atoms with Gasteiger partial charge in [-0.3, -0.25) is 0 Å². The van der Waals surface area contributed by atoms with Crippen LogP contribution in [0.4, 0.5) is 27.6 Å². The van der Waals surface area contributed by atoms with Crippen molar-refractivity contribution in [1.82, 2.24) is 0 Å². The number of hydrogen-bond donors (Lipinski definition) is 2. The van der Waals surface area contributed by atoms with Gasteiger partial charge in [0.05, 0.1) is 0 Å². The highest BCUT2D eigenvalue weighted by molar-refractivity contribution is 5.48. The molecule has 2 rings (SSSR count). The van der Waals surface area contributed by atoms with E-state index in [9.17, 15) is 22.0 Å². The lowest BCUT2D eigenvalue weighted by atomic mass is 9.98. The minimum atomic E-state index is -2.16. The molecule has 0 spiro atoms. The van der Waals surface area contributed by atoms with Gasteiger partial charge in [0.25, 0.3) is 0 Å². The van der Waals surface area contributed by atoms with Crippen LogP contribution in [0.1, 0.15) is 25.7 Å². The van der Waals surface area contributed by atoms with Crippen molar-refractivity contribution >= 4 is 5.69 Å². The highest BCUT2D eigenvalue weighted by Gasteiger charge is 2.30. The molecule has 0 heterocycles. The number of nitrogens with one attached hydrogen (secondary N) is 1. The summed E-state index contributed by atoms with van der Waals surface area (Å²) in [4.78, 5) is 0. The Kier molecular flexibility index (Phi) is 4.47. The van der Waals surface area contributed by atoms with E-state index in [1.54, 1.807) is 0 Å². The standard InChI is InChI=1S/C13H15F5N2/c14-8-9(15)11(17)13(12(18)10(8)16)20-7(5-19)6-3-1-2-4-6/h6-7,20H,1-5,19H2. The summed E-state index contributed by atoms with van der Waals surface area (Å²) in [5, 5.41) is 2.39. The SMILES string of the molecule is NCC(Nc1c(F)c(F)c(F)c(F)c1F)C1CCCC1. The minimum absolute atomic E-state index is 0.0597. The lowest BCUT2D eigenvalue weighted by Gasteiger charge is -2.25. The lowest BCUT2D eigenvalue weighted by Crippen LogP contribution is -2.36. The molecule has 112 valence electrons. The fourth-order valence-corrected chi connectivity index (χ4v) is 2.65. The van der Waals surface area contributed by atoms with Crippen LogP contribution in [0.3, 0.4) is 0 Å². The molecule has 0 amide bonds. The van der Waals surface area contributed by atoms with E-state index in [0.717, 1.165) is 25.7 Å². The van der Waals surface area contributed by atoms with Crippen LogP contribution < -0.4 is 11.1 Å². The minimum Gasteiger partial charge on any atom is -0.376 e. The molecule has 0 aliphatic heterocycles. The van der Waals surface area contributed by atoms with Crippen LogP contribution in [0.15, 0.2) is 0 Å². The molecular formula is C13H15F5N2. The first-order valence-corrected chi connectivity index (χ1v) is 6.45. The molecule has 2 nitrogen and oxygen atoms in total. The van der Waals surface area contributed by atoms with E-state index in [1.807, 2.05) is 0 Å². The van der Waals surface area contributed by atoms with Crippen molar-refractivity contribution in [3.63, 3.8) is 0 Å². The second-order valence-electron chi connectivity index (χ2n) is 4.98. The van der Waals surface area contributed by atoms with Gasteiger partial charge in [0.2, 0.25) is 5.82 Å². The molecule has 1 atom stereocenters. The topological polar surface area (TPSA) is 38.0 Å². The molecule has 1 saturated carbocycles. The quantitative estimate of drug-likeness (QED) is 0.508. The highest BCUT2D eigenvalue weighted by Crippen LogP contribution is 2.32. The monoisotopic (exact) mass is 294 g/mol. The summed E-state index contributed by atoms with van der Waals surface area (Å²) in [6.45, 7) is 0.0597. The van der Waals surface area contributed by atoms with E-state index < -0.39 is 40.8 Å². The maximum Gasteiger partial charge on any atom is 0.200 e. The van der Waals surface area contributed by atoms with Gasteiger partial charge in [-0.1, -0.05) is 12.8 Å². The number of nitrogens with two attached hydrogens (primary N) is 1. The van der Waals surface area contributed by atoms with Crippen LogP contribution in [0.25, 0.3) is 0 Å². The van der Waals surface area contributed by atoms with Crippen LogP contribution >= 0.6 is 0 Å². The molecule has 0 radical (unpaired) electrons. The Morgan fingerprint density at radius 1 is 0.900 bits per heavy atom. The van der Waals surface area contributed by atoms with E-state index in [2.05, 4.69) is 5.32 Å². The van der Waals surface area contributed by atoms with Gasteiger partial charge in [0, 0.05) is 12.6 Å². The zero-order valence-electron chi connectivity index (χ0n) is 10.7. The van der Waals surface area contributed by atoms with Crippen molar-refractivity contribution in [2.45, 2.75) is 31.7 Å². The van der Waals surface area contributed by atoms with Gasteiger partial charge >= 0.3 is 0 Å². The van der Waals surface area contributed by atoms with Crippen molar-refractivity contribution < 1.29 is 22.0 Å². The molecule has 1 aliphatic carbocycles. The predicted molar refractivity (Wildman–Crippen MR) is 64.7 cm³/mol. The van der Waals surface area contributed by atoms with E-state index >= 15 is 0 Å². The third kappa shape index (κ3) is 2.59. The van der Waals surface area contributed by atoms with E-state index in [4.69, 9.17) is 5.73 Å². The first-order valence-electron chi connectivity index (χ1n) is 6.45. The Hall–Kier alpha value is -1.37. The first-order chi connectivity index (χ1) is 9.47. The molecule has 1 unspecified atom stereocenters. The van der Waals surface area contributed by atoms with Crippen molar-refractivity contribution in [2.24, 2.45) is 11.7 Å². The second-order valence-corrected chi connectivity index (χ2v) is 4.98. The van der Waals surface area contributed by atoms with Gasteiger partial charge in [0.1, 0.15) is 5.69 Å². The van der Waals surface area contributed by atoms with Crippen LogP contribution in [-0.2, 0) is 0 Å². The molecule has 1 aliphatic rings. The number of rotatable bonds is 4. The molecule has 7 heteroatoms. The summed E-state index contributed by atoms with van der Waals surface area (Å²) >= 11 is 0. The summed E-state index contributed by atoms with van der Waals surface area (Å²) in [5.41, 5.74) is 4.54. The van der Waals surface area contributed by atoms with Gasteiger partial charge in [-0.25, -0.2) is 22.0 Å². The molecule has 0 aromatic heterocycles. The fourth-order valence-electron chi connectivity index (χ4n) is 2.65. The van der Waals surface area contributed by atoms with E-state index in [-0.39, 0.29) is 12.5 Å². The highest BCUT2D eigenvalue weighted by atomic mass is 19.2. The Balaban J connectivity index is 2.32. The van der Waals surface area contributed by atoms with Gasteiger partial charge in [-0.05, 0) is 18.8 Å². The van der Waals surface area contributed by atoms with Gasteiger partial charge in [0.15, 0.2) is 23.3 Å². The Labute approximate surface area is 113 Å². The molecule has 0 saturated heterocycles. The summed E-state index contributed by atoms with van der Waals surface area (Å²) in [7, 11) is 0. The molecule has 3 N–H and O–H groups in total. The Morgan fingerprint density at radius 3 is 1.80 bits per heavy atom. The Bertz CT molecular complexity index is 471. The maximum absolute atomic E-state index is 13.6. The summed E-state index contributed by atoms with van der Waals surface area (Å²) in [6, 6.07) is -0.509. The van der Waals surface area contributed by atoms with Crippen molar-refractivity contribution in [3.8, 4) is 0 Å². The smallest absolute Gasteiger partial charge is 0.200 e. The third-order valence-corrected chi connectivity index (χ3v) is 3.76. The zero-order valence-corrected chi connectivity index (χ0v) is 10.7. The molecule has 20 heavy (non-hydrogen) atoms. The summed E-state index contributed by atoms with van der Waals surface area (Å²) < 4.78 is 66.3. The number of benzene rings is 1. The van der Waals surface area contributed by atoms with Crippen LogP contribution in [0.5, 0.6) is 0 Å². The van der Waals surface area contributed by atoms with Gasteiger partial charge in [-0.2, -0.15) is 0 Å². The average molecular weight is 294 g/mol. The van der Waals surface area contributed by atoms with E-state index in [0.29, 0.717) is 0 Å². The van der Waals surface area contributed by atoms with Crippen LogP contribution in [0.2, 0.25) is 0 Å². The summed E-state index contributed by atoms with van der Waals surface area (Å²) in [5.74, 6) is -9.68. The molecule has 1 fully saturated rings. The van der Waals surface area contributed by atoms with Crippen molar-refractivity contribution in [1.29, 1.82) is 0 Å². The molecule has 1 aromatic carbocycles. The molecule has 0 bridgehead atoms. The zero-order chi connectivity index (χ0) is 14.9. The second kappa shape index (κ2) is 5.95. The predicted octanol–water partition coefficient (Wildman–Crippen LogP) is 3.31. The largest absolute Gasteiger partial charge is 0.376 e. The third-order valence-electron chi connectivity index (χ3n) is 3.76. The average Bonchev–Trinajstić information content (AvgIpc) is 2.97. The molecular weight excluding hydrogens is 279 g/mol. The normalized spacial score (nSPS) is 17.5. The molecule has 1 aromatic rings. The maximum atomic E-state index is 13.6. The van der Waals surface area contributed by atoms with Crippen molar-refractivity contribution in [3.05, 3.63) is 29.1 Å². The van der Waals surface area contributed by atoms with E-state index in [1.165, 1.54) is 0 Å². The van der Waals surface area contributed by atoms with Crippen LogP contribution in [-0.4, -0.2) is 12.6 Å².